The van der Waals surface area contributed by atoms with Crippen LogP contribution in [0.5, 0.6) is 0 Å². The molecule has 0 N–H and O–H groups in total. The van der Waals surface area contributed by atoms with Gasteiger partial charge in [0.1, 0.15) is 17.2 Å². The van der Waals surface area contributed by atoms with E-state index in [0.717, 1.165) is 11.7 Å². The highest BCUT2D eigenvalue weighted by Crippen LogP contribution is 2.25. The van der Waals surface area contributed by atoms with E-state index in [1.807, 2.05) is 6.07 Å². The van der Waals surface area contributed by atoms with Gasteiger partial charge in [-0.3, -0.25) is 14.6 Å². The molecular formula is C18H12F2N4. The van der Waals surface area contributed by atoms with E-state index >= 15 is 0 Å². The lowest BCUT2D eigenvalue weighted by atomic mass is 10.1. The Morgan fingerprint density at radius 3 is 2.67 bits per heavy atom. The van der Waals surface area contributed by atoms with Crippen LogP contribution in [0.2, 0.25) is 0 Å². The predicted octanol–water partition coefficient (Wildman–Crippen LogP) is 3.82. The number of halogens is 2. The summed E-state index contributed by atoms with van der Waals surface area (Å²) in [6, 6.07) is 9.78. The predicted molar refractivity (Wildman–Crippen MR) is 86.2 cm³/mol. The average molecular weight is 322 g/mol. The van der Waals surface area contributed by atoms with Crippen LogP contribution in [-0.4, -0.2) is 19.7 Å². The highest BCUT2D eigenvalue weighted by Gasteiger charge is 2.10. The zero-order chi connectivity index (χ0) is 16.5. The molecule has 0 bridgehead atoms. The maximum Gasteiger partial charge on any atom is 0.141 e. The Morgan fingerprint density at radius 1 is 0.958 bits per heavy atom. The van der Waals surface area contributed by atoms with Gasteiger partial charge < -0.3 is 0 Å². The molecule has 118 valence electrons. The number of benzene rings is 1. The minimum absolute atomic E-state index is 0.306. The van der Waals surface area contributed by atoms with Crippen LogP contribution in [0.25, 0.3) is 22.2 Å². The molecule has 0 unspecified atom stereocenters. The van der Waals surface area contributed by atoms with Crippen molar-refractivity contribution in [2.75, 3.05) is 0 Å². The van der Waals surface area contributed by atoms with Crippen molar-refractivity contribution >= 4 is 11.0 Å². The van der Waals surface area contributed by atoms with Crippen molar-refractivity contribution in [3.8, 4) is 11.1 Å². The summed E-state index contributed by atoms with van der Waals surface area (Å²) in [5, 5.41) is 4.29. The second-order valence-corrected chi connectivity index (χ2v) is 5.42. The molecule has 0 saturated heterocycles. The van der Waals surface area contributed by atoms with E-state index in [-0.39, 0.29) is 5.82 Å². The van der Waals surface area contributed by atoms with Crippen molar-refractivity contribution in [3.63, 3.8) is 0 Å². The number of pyridine rings is 2. The lowest BCUT2D eigenvalue weighted by molar-refractivity contribution is 0.613. The molecule has 4 aromatic rings. The van der Waals surface area contributed by atoms with E-state index in [9.17, 15) is 8.78 Å². The topological polar surface area (TPSA) is 43.6 Å². The summed E-state index contributed by atoms with van der Waals surface area (Å²) in [7, 11) is 0. The monoisotopic (exact) mass is 322 g/mol. The maximum absolute atomic E-state index is 14.0. The summed E-state index contributed by atoms with van der Waals surface area (Å²) in [6.45, 7) is 0.358. The van der Waals surface area contributed by atoms with Crippen molar-refractivity contribution in [2.45, 2.75) is 6.54 Å². The molecule has 6 heteroatoms. The van der Waals surface area contributed by atoms with E-state index in [0.29, 0.717) is 28.8 Å². The molecule has 0 atom stereocenters. The number of nitrogens with zero attached hydrogens (tertiary/aromatic N) is 4. The summed E-state index contributed by atoms with van der Waals surface area (Å²) in [4.78, 5) is 8.18. The molecule has 3 aromatic heterocycles. The second-order valence-electron chi connectivity index (χ2n) is 5.42. The first-order valence-corrected chi connectivity index (χ1v) is 7.36. The number of hydrogen-bond donors (Lipinski definition) is 0. The van der Waals surface area contributed by atoms with E-state index < -0.39 is 5.82 Å². The van der Waals surface area contributed by atoms with Gasteiger partial charge in [0, 0.05) is 23.5 Å². The third kappa shape index (κ3) is 2.62. The maximum atomic E-state index is 14.0. The summed E-state index contributed by atoms with van der Waals surface area (Å²) < 4.78 is 29.0. The fourth-order valence-corrected chi connectivity index (χ4v) is 2.64. The van der Waals surface area contributed by atoms with E-state index in [1.165, 1.54) is 12.1 Å². The lowest BCUT2D eigenvalue weighted by Crippen LogP contribution is -2.02. The molecule has 0 saturated carbocycles. The molecule has 0 aliphatic heterocycles. The molecule has 0 radical (unpaired) electrons. The van der Waals surface area contributed by atoms with Crippen molar-refractivity contribution in [3.05, 3.63) is 78.4 Å². The van der Waals surface area contributed by atoms with Crippen molar-refractivity contribution < 1.29 is 8.78 Å². The van der Waals surface area contributed by atoms with E-state index in [1.54, 1.807) is 41.5 Å². The van der Waals surface area contributed by atoms with Crippen LogP contribution in [-0.2, 0) is 6.54 Å². The van der Waals surface area contributed by atoms with E-state index in [4.69, 9.17) is 0 Å². The normalized spacial score (nSPS) is 11.1. The number of fused-ring (bicyclic) bond motifs is 1. The first kappa shape index (κ1) is 14.4. The molecule has 0 aliphatic carbocycles. The number of rotatable bonds is 3. The minimum atomic E-state index is -0.394. The van der Waals surface area contributed by atoms with Gasteiger partial charge in [-0.15, -0.1) is 0 Å². The molecule has 0 fully saturated rings. The van der Waals surface area contributed by atoms with Crippen LogP contribution < -0.4 is 0 Å². The minimum Gasteiger partial charge on any atom is -0.261 e. The Labute approximate surface area is 136 Å². The Balaban J connectivity index is 1.78. The molecule has 1 aromatic carbocycles. The third-order valence-electron chi connectivity index (χ3n) is 3.77. The average Bonchev–Trinajstić information content (AvgIpc) is 2.98. The highest BCUT2D eigenvalue weighted by molar-refractivity contribution is 5.80. The Bertz CT molecular complexity index is 1030. The Hall–Kier alpha value is -3.15. The van der Waals surface area contributed by atoms with Gasteiger partial charge >= 0.3 is 0 Å². The zero-order valence-corrected chi connectivity index (χ0v) is 12.5. The summed E-state index contributed by atoms with van der Waals surface area (Å²) in [5.41, 5.74) is 3.28. The van der Waals surface area contributed by atoms with Gasteiger partial charge in [-0.1, -0.05) is 18.2 Å². The molecule has 4 rings (SSSR count). The first-order valence-electron chi connectivity index (χ1n) is 7.36. The molecule has 24 heavy (non-hydrogen) atoms. The van der Waals surface area contributed by atoms with Gasteiger partial charge in [0.05, 0.1) is 24.5 Å². The van der Waals surface area contributed by atoms with E-state index in [2.05, 4.69) is 15.1 Å². The smallest absolute Gasteiger partial charge is 0.141 e. The van der Waals surface area contributed by atoms with Gasteiger partial charge in [-0.25, -0.2) is 8.78 Å². The van der Waals surface area contributed by atoms with Crippen molar-refractivity contribution in [2.24, 2.45) is 0 Å². The van der Waals surface area contributed by atoms with Crippen molar-refractivity contribution in [1.29, 1.82) is 0 Å². The van der Waals surface area contributed by atoms with Crippen LogP contribution in [0.3, 0.4) is 0 Å². The SMILES string of the molecule is Fc1cncc(Cn2ncc3ncc(-c4ccccc4F)cc32)c1. The molecule has 0 amide bonds. The first-order chi connectivity index (χ1) is 11.7. The number of aromatic nitrogens is 4. The Morgan fingerprint density at radius 2 is 1.83 bits per heavy atom. The summed E-state index contributed by atoms with van der Waals surface area (Å²) in [6.07, 6.45) is 6.00. The molecular weight excluding hydrogens is 310 g/mol. The fourth-order valence-electron chi connectivity index (χ4n) is 2.64. The van der Waals surface area contributed by atoms with Crippen LogP contribution >= 0.6 is 0 Å². The molecule has 3 heterocycles. The largest absolute Gasteiger partial charge is 0.261 e. The molecule has 4 nitrogen and oxygen atoms in total. The van der Waals surface area contributed by atoms with Gasteiger partial charge in [0.2, 0.25) is 0 Å². The van der Waals surface area contributed by atoms with Crippen LogP contribution in [0.1, 0.15) is 5.56 Å². The van der Waals surface area contributed by atoms with Crippen LogP contribution in [0.15, 0.2) is 61.2 Å². The van der Waals surface area contributed by atoms with Gasteiger partial charge in [0.25, 0.3) is 0 Å². The number of hydrogen-bond acceptors (Lipinski definition) is 3. The van der Waals surface area contributed by atoms with Gasteiger partial charge in [0.15, 0.2) is 0 Å². The van der Waals surface area contributed by atoms with Gasteiger partial charge in [-0.05, 0) is 23.8 Å². The second kappa shape index (κ2) is 5.81. The molecule has 0 spiro atoms. The Kier molecular flexibility index (Phi) is 3.49. The zero-order valence-electron chi connectivity index (χ0n) is 12.5. The standard InChI is InChI=1S/C18H12F2N4/c19-14-5-12(7-21-9-14)11-24-18-6-13(8-22-17(18)10-23-24)15-3-1-2-4-16(15)20/h1-10H,11H2. The summed E-state index contributed by atoms with van der Waals surface area (Å²) >= 11 is 0. The lowest BCUT2D eigenvalue weighted by Gasteiger charge is -2.06. The van der Waals surface area contributed by atoms with Crippen molar-refractivity contribution in [1.82, 2.24) is 19.7 Å². The quantitative estimate of drug-likeness (QED) is 0.576. The highest BCUT2D eigenvalue weighted by atomic mass is 19.1. The summed E-state index contributed by atoms with van der Waals surface area (Å²) in [5.74, 6) is -0.701. The molecule has 0 aliphatic rings. The van der Waals surface area contributed by atoms with Crippen LogP contribution in [0, 0.1) is 11.6 Å². The van der Waals surface area contributed by atoms with Gasteiger partial charge in [-0.2, -0.15) is 5.10 Å². The van der Waals surface area contributed by atoms with Crippen LogP contribution in [0.4, 0.5) is 8.78 Å². The third-order valence-corrected chi connectivity index (χ3v) is 3.77. The fraction of sp³-hybridized carbons (Fsp3) is 0.0556.